The van der Waals surface area contributed by atoms with Gasteiger partial charge in [-0.3, -0.25) is 4.90 Å². The molecule has 1 aliphatic heterocycles. The number of aryl methyl sites for hydroxylation is 2. The average Bonchev–Trinajstić information content (AvgIpc) is 2.50. The van der Waals surface area contributed by atoms with Crippen LogP contribution in [0.4, 0.5) is 0 Å². The largest absolute Gasteiger partial charge is 0.481 e. The molecule has 0 spiro atoms. The Bertz CT molecular complexity index is 372. The van der Waals surface area contributed by atoms with Gasteiger partial charge >= 0.3 is 0 Å². The second-order valence-electron chi connectivity index (χ2n) is 4.58. The summed E-state index contributed by atoms with van der Waals surface area (Å²) in [6.45, 7) is 7.42. The third-order valence-corrected chi connectivity index (χ3v) is 3.30. The molecule has 0 amide bonds. The van der Waals surface area contributed by atoms with Crippen molar-refractivity contribution in [2.45, 2.75) is 19.9 Å². The number of halogens is 1. The average molecular weight is 275 g/mol. The Morgan fingerprint density at radius 1 is 1.33 bits per heavy atom. The lowest BCUT2D eigenvalue weighted by Gasteiger charge is -2.19. The van der Waals surface area contributed by atoms with E-state index in [0.717, 1.165) is 44.3 Å². The molecule has 1 saturated heterocycles. The molecule has 2 rings (SSSR count). The zero-order valence-corrected chi connectivity index (χ0v) is 12.2. The summed E-state index contributed by atoms with van der Waals surface area (Å²) in [5.41, 5.74) is 2.29. The fraction of sp³-hybridized carbons (Fsp3) is 0.750. The molecule has 0 aromatic carbocycles. The van der Waals surface area contributed by atoms with Gasteiger partial charge in [-0.2, -0.15) is 5.10 Å². The van der Waals surface area contributed by atoms with E-state index >= 15 is 0 Å². The molecular weight excluding hydrogens is 252 g/mol. The standard InChI is InChI=1S/C12H22N4O.ClH/c1-10-11(12(17-3)15(2)14-10)9-16-7-4-5-13-6-8-16;/h13H,4-9H2,1-3H3;1H. The monoisotopic (exact) mass is 274 g/mol. The predicted octanol–water partition coefficient (Wildman–Crippen LogP) is 0.954. The molecule has 18 heavy (non-hydrogen) atoms. The van der Waals surface area contributed by atoms with E-state index in [1.54, 1.807) is 7.11 Å². The molecule has 1 aromatic rings. The Morgan fingerprint density at radius 3 is 2.83 bits per heavy atom. The van der Waals surface area contributed by atoms with Crippen LogP contribution in [0.3, 0.4) is 0 Å². The van der Waals surface area contributed by atoms with Crippen molar-refractivity contribution >= 4 is 12.4 Å². The normalized spacial score (nSPS) is 17.1. The molecule has 0 radical (unpaired) electrons. The quantitative estimate of drug-likeness (QED) is 0.891. The summed E-state index contributed by atoms with van der Waals surface area (Å²) in [5.74, 6) is 0.889. The minimum atomic E-state index is 0. The van der Waals surface area contributed by atoms with Crippen LogP contribution >= 0.6 is 12.4 Å². The molecule has 0 bridgehead atoms. The van der Waals surface area contributed by atoms with Gasteiger partial charge in [-0.25, -0.2) is 4.68 Å². The number of hydrogen-bond donors (Lipinski definition) is 1. The van der Waals surface area contributed by atoms with E-state index in [1.165, 1.54) is 12.0 Å². The molecular formula is C12H23ClN4O. The van der Waals surface area contributed by atoms with Gasteiger partial charge in [0.15, 0.2) is 0 Å². The fourth-order valence-electron chi connectivity index (χ4n) is 2.40. The first-order chi connectivity index (χ1) is 8.22. The second-order valence-corrected chi connectivity index (χ2v) is 4.58. The van der Waals surface area contributed by atoms with Crippen LogP contribution in [-0.2, 0) is 13.6 Å². The first-order valence-electron chi connectivity index (χ1n) is 6.22. The number of aromatic nitrogens is 2. The van der Waals surface area contributed by atoms with Gasteiger partial charge in [0, 0.05) is 26.7 Å². The van der Waals surface area contributed by atoms with Crippen molar-refractivity contribution in [3.63, 3.8) is 0 Å². The zero-order chi connectivity index (χ0) is 12.3. The summed E-state index contributed by atoms with van der Waals surface area (Å²) in [6, 6.07) is 0. The third-order valence-electron chi connectivity index (χ3n) is 3.30. The SMILES string of the molecule is COc1c(CN2CCCNCC2)c(C)nn1C.Cl. The molecule has 1 N–H and O–H groups in total. The van der Waals surface area contributed by atoms with Gasteiger partial charge in [-0.1, -0.05) is 0 Å². The van der Waals surface area contributed by atoms with Crippen LogP contribution in [0.2, 0.25) is 0 Å². The fourth-order valence-corrected chi connectivity index (χ4v) is 2.40. The number of methoxy groups -OCH3 is 1. The molecule has 0 atom stereocenters. The number of ether oxygens (including phenoxy) is 1. The van der Waals surface area contributed by atoms with E-state index in [-0.39, 0.29) is 12.4 Å². The topological polar surface area (TPSA) is 42.3 Å². The summed E-state index contributed by atoms with van der Waals surface area (Å²) in [7, 11) is 3.64. The maximum Gasteiger partial charge on any atom is 0.216 e. The van der Waals surface area contributed by atoms with E-state index in [1.807, 2.05) is 18.7 Å². The lowest BCUT2D eigenvalue weighted by Crippen LogP contribution is -2.28. The lowest BCUT2D eigenvalue weighted by molar-refractivity contribution is 0.276. The van der Waals surface area contributed by atoms with Crippen molar-refractivity contribution in [3.8, 4) is 5.88 Å². The Hall–Kier alpha value is -0.780. The van der Waals surface area contributed by atoms with Gasteiger partial charge in [-0.15, -0.1) is 12.4 Å². The smallest absolute Gasteiger partial charge is 0.216 e. The summed E-state index contributed by atoms with van der Waals surface area (Å²) >= 11 is 0. The minimum absolute atomic E-state index is 0. The highest BCUT2D eigenvalue weighted by Crippen LogP contribution is 2.22. The molecule has 1 fully saturated rings. The molecule has 1 aromatic heterocycles. The molecule has 6 heteroatoms. The van der Waals surface area contributed by atoms with Crippen molar-refractivity contribution in [2.75, 3.05) is 33.3 Å². The highest BCUT2D eigenvalue weighted by Gasteiger charge is 2.17. The van der Waals surface area contributed by atoms with Gasteiger partial charge in [0.1, 0.15) is 0 Å². The summed E-state index contributed by atoms with van der Waals surface area (Å²) in [4.78, 5) is 2.46. The molecule has 1 aliphatic rings. The summed E-state index contributed by atoms with van der Waals surface area (Å²) in [5, 5.41) is 7.84. The van der Waals surface area contributed by atoms with E-state index in [9.17, 15) is 0 Å². The Balaban J connectivity index is 0.00000162. The first-order valence-corrected chi connectivity index (χ1v) is 6.22. The van der Waals surface area contributed by atoms with Crippen LogP contribution in [0.1, 0.15) is 17.7 Å². The van der Waals surface area contributed by atoms with Crippen molar-refractivity contribution in [1.29, 1.82) is 0 Å². The first kappa shape index (κ1) is 15.3. The van der Waals surface area contributed by atoms with Crippen molar-refractivity contribution < 1.29 is 4.74 Å². The van der Waals surface area contributed by atoms with E-state index < -0.39 is 0 Å². The van der Waals surface area contributed by atoms with Crippen molar-refractivity contribution in [3.05, 3.63) is 11.3 Å². The molecule has 0 saturated carbocycles. The predicted molar refractivity (Wildman–Crippen MR) is 74.5 cm³/mol. The van der Waals surface area contributed by atoms with E-state index in [2.05, 4.69) is 15.3 Å². The molecule has 104 valence electrons. The summed E-state index contributed by atoms with van der Waals surface area (Å²) in [6.07, 6.45) is 1.21. The molecule has 5 nitrogen and oxygen atoms in total. The summed E-state index contributed by atoms with van der Waals surface area (Å²) < 4.78 is 7.25. The van der Waals surface area contributed by atoms with Gasteiger partial charge in [0.2, 0.25) is 5.88 Å². The number of rotatable bonds is 3. The van der Waals surface area contributed by atoms with Gasteiger partial charge < -0.3 is 10.1 Å². The molecule has 0 unspecified atom stereocenters. The van der Waals surface area contributed by atoms with Crippen molar-refractivity contribution in [2.24, 2.45) is 7.05 Å². The van der Waals surface area contributed by atoms with E-state index in [0.29, 0.717) is 0 Å². The van der Waals surface area contributed by atoms with Gasteiger partial charge in [0.05, 0.1) is 18.4 Å². The highest BCUT2D eigenvalue weighted by molar-refractivity contribution is 5.85. The number of nitrogens with zero attached hydrogens (tertiary/aromatic N) is 3. The van der Waals surface area contributed by atoms with Crippen LogP contribution in [0, 0.1) is 6.92 Å². The van der Waals surface area contributed by atoms with Gasteiger partial charge in [0.25, 0.3) is 0 Å². The number of nitrogens with one attached hydrogen (secondary N) is 1. The number of hydrogen-bond acceptors (Lipinski definition) is 4. The van der Waals surface area contributed by atoms with Crippen LogP contribution in [0.15, 0.2) is 0 Å². The zero-order valence-electron chi connectivity index (χ0n) is 11.4. The van der Waals surface area contributed by atoms with Crippen LogP contribution in [-0.4, -0.2) is 48.0 Å². The minimum Gasteiger partial charge on any atom is -0.481 e. The molecule has 2 heterocycles. The second kappa shape index (κ2) is 6.97. The van der Waals surface area contributed by atoms with Gasteiger partial charge in [-0.05, 0) is 26.4 Å². The third kappa shape index (κ3) is 3.37. The Kier molecular flexibility index (Phi) is 5.91. The molecule has 0 aliphatic carbocycles. The Morgan fingerprint density at radius 2 is 2.11 bits per heavy atom. The Labute approximate surface area is 115 Å². The van der Waals surface area contributed by atoms with E-state index in [4.69, 9.17) is 4.74 Å². The lowest BCUT2D eigenvalue weighted by atomic mass is 10.2. The highest BCUT2D eigenvalue weighted by atomic mass is 35.5. The van der Waals surface area contributed by atoms with Crippen LogP contribution in [0.25, 0.3) is 0 Å². The van der Waals surface area contributed by atoms with Crippen LogP contribution < -0.4 is 10.1 Å². The maximum atomic E-state index is 5.43. The van der Waals surface area contributed by atoms with Crippen LogP contribution in [0.5, 0.6) is 5.88 Å². The van der Waals surface area contributed by atoms with Crippen molar-refractivity contribution in [1.82, 2.24) is 20.0 Å². The maximum absolute atomic E-state index is 5.43.